The van der Waals surface area contributed by atoms with Gasteiger partial charge in [-0.05, 0) is 0 Å². The summed E-state index contributed by atoms with van der Waals surface area (Å²) in [5, 5.41) is 0. The Hall–Kier alpha value is -1.24. The van der Waals surface area contributed by atoms with E-state index in [0.29, 0.717) is 12.2 Å². The summed E-state index contributed by atoms with van der Waals surface area (Å²) in [6.07, 6.45) is -0.748. The Morgan fingerprint density at radius 3 is 1.89 bits per heavy atom. The van der Waals surface area contributed by atoms with Gasteiger partial charge < -0.3 is 14.2 Å². The highest BCUT2D eigenvalue weighted by Crippen LogP contribution is 2.30. The molecule has 102 valence electrons. The lowest BCUT2D eigenvalue weighted by Gasteiger charge is -2.33. The van der Waals surface area contributed by atoms with Gasteiger partial charge in [-0.3, -0.25) is 14.4 Å². The van der Waals surface area contributed by atoms with E-state index in [4.69, 9.17) is 14.2 Å². The number of thioether (sulfide) groups is 1. The van der Waals surface area contributed by atoms with E-state index in [0.717, 1.165) is 0 Å². The molecule has 0 amide bonds. The highest BCUT2D eigenvalue weighted by atomic mass is 32.2. The van der Waals surface area contributed by atoms with Crippen molar-refractivity contribution in [3.63, 3.8) is 0 Å². The first-order chi connectivity index (χ1) is 8.38. The maximum Gasteiger partial charge on any atom is 0.303 e. The molecule has 18 heavy (non-hydrogen) atoms. The van der Waals surface area contributed by atoms with Gasteiger partial charge in [0.2, 0.25) is 0 Å². The van der Waals surface area contributed by atoms with E-state index < -0.39 is 24.1 Å². The van der Waals surface area contributed by atoms with Gasteiger partial charge in [0.1, 0.15) is 12.2 Å². The standard InChI is InChI=1S/C11H16O6S/c1-6(12)15-9-4-11(17-8(3)14)18-5-10(9)16-7(2)13/h9-11H,4-5H2,1-3H3. The Bertz CT molecular complexity index is 342. The Morgan fingerprint density at radius 1 is 0.889 bits per heavy atom. The predicted octanol–water partition coefficient (Wildman–Crippen LogP) is 0.876. The van der Waals surface area contributed by atoms with E-state index in [1.54, 1.807) is 0 Å². The van der Waals surface area contributed by atoms with Gasteiger partial charge >= 0.3 is 17.9 Å². The lowest BCUT2D eigenvalue weighted by atomic mass is 10.1. The fraction of sp³-hybridized carbons (Fsp3) is 0.727. The van der Waals surface area contributed by atoms with Crippen LogP contribution < -0.4 is 0 Å². The predicted molar refractivity (Wildman–Crippen MR) is 63.7 cm³/mol. The maximum absolute atomic E-state index is 11.0. The van der Waals surface area contributed by atoms with E-state index in [1.807, 2.05) is 0 Å². The molecular formula is C11H16O6S. The van der Waals surface area contributed by atoms with Crippen molar-refractivity contribution in [2.45, 2.75) is 44.8 Å². The topological polar surface area (TPSA) is 78.9 Å². The fourth-order valence-corrected chi connectivity index (χ4v) is 2.86. The van der Waals surface area contributed by atoms with Gasteiger partial charge in [0.25, 0.3) is 0 Å². The van der Waals surface area contributed by atoms with Gasteiger partial charge in [-0.1, -0.05) is 0 Å². The molecule has 0 bridgehead atoms. The highest BCUT2D eigenvalue weighted by molar-refractivity contribution is 7.99. The van der Waals surface area contributed by atoms with Gasteiger partial charge in [0.15, 0.2) is 5.44 Å². The average Bonchev–Trinajstić information content (AvgIpc) is 2.19. The third-order valence-corrected chi connectivity index (χ3v) is 3.40. The largest absolute Gasteiger partial charge is 0.458 e. The van der Waals surface area contributed by atoms with Crippen molar-refractivity contribution in [2.24, 2.45) is 0 Å². The molecular weight excluding hydrogens is 260 g/mol. The number of hydrogen-bond acceptors (Lipinski definition) is 7. The molecule has 1 heterocycles. The van der Waals surface area contributed by atoms with Crippen molar-refractivity contribution >= 4 is 29.7 Å². The Balaban J connectivity index is 2.62. The summed E-state index contributed by atoms with van der Waals surface area (Å²) < 4.78 is 15.2. The number of carbonyl (C=O) groups excluding carboxylic acids is 3. The monoisotopic (exact) mass is 276 g/mol. The SMILES string of the molecule is CC(=O)OC1CC(OC(C)=O)C(OC(C)=O)CS1. The number of esters is 3. The summed E-state index contributed by atoms with van der Waals surface area (Å²) >= 11 is 1.36. The first-order valence-corrected chi connectivity index (χ1v) is 6.56. The minimum Gasteiger partial charge on any atom is -0.458 e. The lowest BCUT2D eigenvalue weighted by molar-refractivity contribution is -0.167. The third-order valence-electron chi connectivity index (χ3n) is 2.22. The first-order valence-electron chi connectivity index (χ1n) is 5.51. The zero-order valence-corrected chi connectivity index (χ0v) is 11.3. The van der Waals surface area contributed by atoms with E-state index in [1.165, 1.54) is 32.5 Å². The molecule has 0 saturated carbocycles. The number of carbonyl (C=O) groups is 3. The molecule has 1 aliphatic rings. The molecule has 1 saturated heterocycles. The van der Waals surface area contributed by atoms with Crippen molar-refractivity contribution < 1.29 is 28.6 Å². The molecule has 3 unspecified atom stereocenters. The normalized spacial score (nSPS) is 27.2. The van der Waals surface area contributed by atoms with E-state index in [2.05, 4.69) is 0 Å². The highest BCUT2D eigenvalue weighted by Gasteiger charge is 2.36. The average molecular weight is 276 g/mol. The second kappa shape index (κ2) is 6.63. The van der Waals surface area contributed by atoms with Gasteiger partial charge in [-0.25, -0.2) is 0 Å². The molecule has 1 aliphatic heterocycles. The van der Waals surface area contributed by atoms with Crippen LogP contribution in [0, 0.1) is 0 Å². The molecule has 6 nitrogen and oxygen atoms in total. The molecule has 3 atom stereocenters. The zero-order chi connectivity index (χ0) is 13.7. The summed E-state index contributed by atoms with van der Waals surface area (Å²) in [7, 11) is 0. The molecule has 1 rings (SSSR count). The molecule has 7 heteroatoms. The Morgan fingerprint density at radius 2 is 1.39 bits per heavy atom. The van der Waals surface area contributed by atoms with Crippen molar-refractivity contribution in [1.29, 1.82) is 0 Å². The second-order valence-electron chi connectivity index (χ2n) is 3.90. The van der Waals surface area contributed by atoms with Gasteiger partial charge in [-0.15, -0.1) is 11.8 Å². The summed E-state index contributed by atoms with van der Waals surface area (Å²) in [4.78, 5) is 32.8. The quantitative estimate of drug-likeness (QED) is 0.559. The van der Waals surface area contributed by atoms with Crippen molar-refractivity contribution in [3.8, 4) is 0 Å². The second-order valence-corrected chi connectivity index (χ2v) is 5.10. The molecule has 0 aromatic carbocycles. The van der Waals surface area contributed by atoms with Crippen LogP contribution >= 0.6 is 11.8 Å². The molecule has 0 aliphatic carbocycles. The summed E-state index contributed by atoms with van der Waals surface area (Å²) in [6.45, 7) is 3.90. The van der Waals surface area contributed by atoms with Crippen LogP contribution in [0.25, 0.3) is 0 Å². The van der Waals surface area contributed by atoms with Crippen LogP contribution in [-0.4, -0.2) is 41.3 Å². The first kappa shape index (κ1) is 14.8. The molecule has 0 spiro atoms. The minimum absolute atomic E-state index is 0.321. The van der Waals surface area contributed by atoms with E-state index in [-0.39, 0.29) is 11.4 Å². The van der Waals surface area contributed by atoms with Crippen LogP contribution in [0.1, 0.15) is 27.2 Å². The molecule has 1 fully saturated rings. The Labute approximate surface area is 109 Å². The zero-order valence-electron chi connectivity index (χ0n) is 10.5. The number of ether oxygens (including phenoxy) is 3. The third kappa shape index (κ3) is 4.95. The van der Waals surface area contributed by atoms with Gasteiger partial charge in [0.05, 0.1) is 0 Å². The Kier molecular flexibility index (Phi) is 5.46. The molecule has 0 aromatic rings. The maximum atomic E-state index is 11.0. The van der Waals surface area contributed by atoms with Crippen molar-refractivity contribution in [3.05, 3.63) is 0 Å². The van der Waals surface area contributed by atoms with Crippen molar-refractivity contribution in [1.82, 2.24) is 0 Å². The van der Waals surface area contributed by atoms with E-state index >= 15 is 0 Å². The smallest absolute Gasteiger partial charge is 0.303 e. The van der Waals surface area contributed by atoms with Crippen LogP contribution in [-0.2, 0) is 28.6 Å². The van der Waals surface area contributed by atoms with E-state index in [9.17, 15) is 14.4 Å². The lowest BCUT2D eigenvalue weighted by Crippen LogP contribution is -2.43. The van der Waals surface area contributed by atoms with Crippen LogP contribution in [0.15, 0.2) is 0 Å². The van der Waals surface area contributed by atoms with Gasteiger partial charge in [0, 0.05) is 32.9 Å². The number of rotatable bonds is 3. The van der Waals surface area contributed by atoms with Crippen LogP contribution in [0.3, 0.4) is 0 Å². The van der Waals surface area contributed by atoms with Crippen LogP contribution in [0.4, 0.5) is 0 Å². The molecule has 0 radical (unpaired) electrons. The minimum atomic E-state index is -0.572. The summed E-state index contributed by atoms with van der Waals surface area (Å²) in [5.41, 5.74) is -0.376. The van der Waals surface area contributed by atoms with Gasteiger partial charge in [-0.2, -0.15) is 0 Å². The molecule has 0 aromatic heterocycles. The fourth-order valence-electron chi connectivity index (χ4n) is 1.65. The van der Waals surface area contributed by atoms with Crippen molar-refractivity contribution in [2.75, 3.05) is 5.75 Å². The summed E-state index contributed by atoms with van der Waals surface area (Å²) in [6, 6.07) is 0. The van der Waals surface area contributed by atoms with Crippen LogP contribution in [0.2, 0.25) is 0 Å². The summed E-state index contributed by atoms with van der Waals surface area (Å²) in [5.74, 6) is -0.843. The molecule has 0 N–H and O–H groups in total. The van der Waals surface area contributed by atoms with Crippen LogP contribution in [0.5, 0.6) is 0 Å². The number of hydrogen-bond donors (Lipinski definition) is 0.